The van der Waals surface area contributed by atoms with Crippen molar-refractivity contribution in [2.45, 2.75) is 13.2 Å². The Morgan fingerprint density at radius 2 is 2.00 bits per heavy atom. The molecule has 0 radical (unpaired) electrons. The number of ether oxygens (including phenoxy) is 1. The number of amides is 1. The number of para-hydroxylation sites is 1. The van der Waals surface area contributed by atoms with E-state index >= 15 is 0 Å². The van der Waals surface area contributed by atoms with E-state index in [1.54, 1.807) is 11.2 Å². The molecule has 0 fully saturated rings. The Kier molecular flexibility index (Phi) is 4.68. The predicted octanol–water partition coefficient (Wildman–Crippen LogP) is 3.03. The molecule has 3 heterocycles. The average molecular weight is 367 g/mol. The van der Waals surface area contributed by atoms with Crippen LogP contribution in [0.2, 0.25) is 0 Å². The molecule has 1 aromatic carbocycles. The Labute approximate surface area is 157 Å². The molecule has 3 aromatic rings. The minimum atomic E-state index is -0.193. The average Bonchev–Trinajstić information content (AvgIpc) is 3.34. The third-order valence-electron chi connectivity index (χ3n) is 4.53. The fraction of sp³-hybridized carbons (Fsp3) is 0.300. The second-order valence-electron chi connectivity index (χ2n) is 6.73. The lowest BCUT2D eigenvalue weighted by molar-refractivity contribution is 0.0707. The summed E-state index contributed by atoms with van der Waals surface area (Å²) in [5, 5.41) is 4.08. The van der Waals surface area contributed by atoms with Crippen LogP contribution in [0.4, 0.5) is 0 Å². The van der Waals surface area contributed by atoms with Crippen LogP contribution in [0.1, 0.15) is 21.8 Å². The van der Waals surface area contributed by atoms with E-state index < -0.39 is 0 Å². The van der Waals surface area contributed by atoms with E-state index in [0.717, 1.165) is 23.6 Å². The number of rotatable bonds is 6. The molecule has 0 atom stereocenters. The van der Waals surface area contributed by atoms with Crippen LogP contribution in [0, 0.1) is 0 Å². The summed E-state index contributed by atoms with van der Waals surface area (Å²) in [6, 6.07) is 11.3. The molecule has 0 unspecified atom stereocenters. The number of likely N-dealkylation sites (N-methyl/N-ethyl adjacent to an activating group) is 1. The van der Waals surface area contributed by atoms with E-state index in [2.05, 4.69) is 5.16 Å². The number of hydrogen-bond donors (Lipinski definition) is 0. The SMILES string of the molecule is CN(C)CCN(Cc1ccco1)C(=O)c1noc2c1COc1ccccc1-2. The third kappa shape index (κ3) is 3.46. The molecule has 0 aliphatic carbocycles. The molecule has 27 heavy (non-hydrogen) atoms. The quantitative estimate of drug-likeness (QED) is 0.667. The van der Waals surface area contributed by atoms with Crippen LogP contribution >= 0.6 is 0 Å². The monoisotopic (exact) mass is 367 g/mol. The van der Waals surface area contributed by atoms with Gasteiger partial charge in [-0.2, -0.15) is 0 Å². The Hall–Kier alpha value is -3.06. The van der Waals surface area contributed by atoms with Gasteiger partial charge in [-0.25, -0.2) is 0 Å². The zero-order valence-corrected chi connectivity index (χ0v) is 15.3. The summed E-state index contributed by atoms with van der Waals surface area (Å²) in [5.41, 5.74) is 1.80. The van der Waals surface area contributed by atoms with Crippen molar-refractivity contribution < 1.29 is 18.5 Å². The van der Waals surface area contributed by atoms with Crippen LogP contribution in [-0.4, -0.2) is 48.0 Å². The maximum absolute atomic E-state index is 13.2. The molecular weight excluding hydrogens is 346 g/mol. The molecule has 0 bridgehead atoms. The van der Waals surface area contributed by atoms with Gasteiger partial charge in [0, 0.05) is 13.1 Å². The largest absolute Gasteiger partial charge is 0.488 e. The zero-order chi connectivity index (χ0) is 18.8. The van der Waals surface area contributed by atoms with Crippen molar-refractivity contribution in [3.05, 3.63) is 59.7 Å². The van der Waals surface area contributed by atoms with Gasteiger partial charge in [0.2, 0.25) is 0 Å². The van der Waals surface area contributed by atoms with E-state index in [1.165, 1.54) is 0 Å². The first-order valence-corrected chi connectivity index (χ1v) is 8.80. The first kappa shape index (κ1) is 17.4. The number of benzene rings is 1. The lowest BCUT2D eigenvalue weighted by Gasteiger charge is -2.23. The van der Waals surface area contributed by atoms with Gasteiger partial charge in [-0.1, -0.05) is 17.3 Å². The van der Waals surface area contributed by atoms with Crippen LogP contribution in [0.3, 0.4) is 0 Å². The Balaban J connectivity index is 1.63. The molecule has 7 nitrogen and oxygen atoms in total. The van der Waals surface area contributed by atoms with Gasteiger partial charge in [-0.05, 0) is 38.4 Å². The fourth-order valence-electron chi connectivity index (χ4n) is 3.07. The first-order chi connectivity index (χ1) is 13.1. The van der Waals surface area contributed by atoms with Gasteiger partial charge >= 0.3 is 0 Å². The summed E-state index contributed by atoms with van der Waals surface area (Å²) in [6.45, 7) is 1.91. The van der Waals surface area contributed by atoms with Crippen LogP contribution in [-0.2, 0) is 13.2 Å². The molecule has 0 N–H and O–H groups in total. The van der Waals surface area contributed by atoms with Crippen LogP contribution in [0.15, 0.2) is 51.6 Å². The maximum Gasteiger partial charge on any atom is 0.276 e. The maximum atomic E-state index is 13.2. The standard InChI is InChI=1S/C20H21N3O4/c1-22(2)9-10-23(12-14-6-5-11-25-14)20(24)18-16-13-26-17-8-4-3-7-15(17)19(16)27-21-18/h3-8,11H,9-10,12-13H2,1-2H3. The second-order valence-corrected chi connectivity index (χ2v) is 6.73. The van der Waals surface area contributed by atoms with Crippen molar-refractivity contribution in [2.75, 3.05) is 27.2 Å². The van der Waals surface area contributed by atoms with Gasteiger partial charge in [0.15, 0.2) is 11.5 Å². The van der Waals surface area contributed by atoms with Crippen molar-refractivity contribution in [3.8, 4) is 17.1 Å². The summed E-state index contributed by atoms with van der Waals surface area (Å²) in [5.74, 6) is 1.87. The molecule has 2 aromatic heterocycles. The molecular formula is C20H21N3O4. The summed E-state index contributed by atoms with van der Waals surface area (Å²) in [7, 11) is 3.94. The van der Waals surface area contributed by atoms with E-state index in [-0.39, 0.29) is 12.5 Å². The van der Waals surface area contributed by atoms with E-state index in [1.807, 2.05) is 55.4 Å². The van der Waals surface area contributed by atoms with Crippen LogP contribution in [0.25, 0.3) is 11.3 Å². The first-order valence-electron chi connectivity index (χ1n) is 8.80. The van der Waals surface area contributed by atoms with Crippen LogP contribution < -0.4 is 4.74 Å². The van der Waals surface area contributed by atoms with E-state index in [0.29, 0.717) is 30.1 Å². The van der Waals surface area contributed by atoms with E-state index in [4.69, 9.17) is 13.7 Å². The number of carbonyl (C=O) groups excluding carboxylic acids is 1. The Bertz CT molecular complexity index is 931. The summed E-state index contributed by atoms with van der Waals surface area (Å²) < 4.78 is 16.7. The molecule has 1 aliphatic rings. The Morgan fingerprint density at radius 3 is 2.78 bits per heavy atom. The number of nitrogens with zero attached hydrogens (tertiary/aromatic N) is 3. The minimum Gasteiger partial charge on any atom is -0.488 e. The smallest absolute Gasteiger partial charge is 0.276 e. The number of hydrogen-bond acceptors (Lipinski definition) is 6. The van der Waals surface area contributed by atoms with Crippen molar-refractivity contribution >= 4 is 5.91 Å². The highest BCUT2D eigenvalue weighted by Crippen LogP contribution is 2.38. The summed E-state index contributed by atoms with van der Waals surface area (Å²) >= 11 is 0. The molecule has 4 rings (SSSR count). The highest BCUT2D eigenvalue weighted by Gasteiger charge is 2.31. The molecule has 140 valence electrons. The zero-order valence-electron chi connectivity index (χ0n) is 15.3. The Morgan fingerprint density at radius 1 is 1.15 bits per heavy atom. The van der Waals surface area contributed by atoms with Gasteiger partial charge < -0.3 is 23.5 Å². The van der Waals surface area contributed by atoms with Gasteiger partial charge in [-0.3, -0.25) is 4.79 Å². The predicted molar refractivity (Wildman–Crippen MR) is 98.3 cm³/mol. The number of carbonyl (C=O) groups is 1. The van der Waals surface area contributed by atoms with Gasteiger partial charge in [0.05, 0.1) is 23.9 Å². The van der Waals surface area contributed by atoms with Crippen molar-refractivity contribution in [3.63, 3.8) is 0 Å². The van der Waals surface area contributed by atoms with Crippen molar-refractivity contribution in [2.24, 2.45) is 0 Å². The molecule has 0 saturated heterocycles. The highest BCUT2D eigenvalue weighted by molar-refractivity contribution is 5.95. The van der Waals surface area contributed by atoms with Gasteiger partial charge in [0.25, 0.3) is 5.91 Å². The minimum absolute atomic E-state index is 0.193. The number of aromatic nitrogens is 1. The van der Waals surface area contributed by atoms with Crippen LogP contribution in [0.5, 0.6) is 5.75 Å². The van der Waals surface area contributed by atoms with Gasteiger partial charge in [0.1, 0.15) is 18.1 Å². The number of furan rings is 1. The summed E-state index contributed by atoms with van der Waals surface area (Å²) in [6.07, 6.45) is 1.60. The van der Waals surface area contributed by atoms with Crippen molar-refractivity contribution in [1.82, 2.24) is 15.0 Å². The normalized spacial score (nSPS) is 12.4. The molecule has 0 saturated carbocycles. The fourth-order valence-corrected chi connectivity index (χ4v) is 3.07. The third-order valence-corrected chi connectivity index (χ3v) is 4.53. The molecule has 7 heteroatoms. The summed E-state index contributed by atoms with van der Waals surface area (Å²) in [4.78, 5) is 17.0. The lowest BCUT2D eigenvalue weighted by Crippen LogP contribution is -2.37. The lowest BCUT2D eigenvalue weighted by atomic mass is 10.0. The van der Waals surface area contributed by atoms with Crippen molar-refractivity contribution in [1.29, 1.82) is 0 Å². The molecule has 0 spiro atoms. The second kappa shape index (κ2) is 7.28. The number of fused-ring (bicyclic) bond motifs is 3. The van der Waals surface area contributed by atoms with Gasteiger partial charge in [-0.15, -0.1) is 0 Å². The molecule has 1 aliphatic heterocycles. The van der Waals surface area contributed by atoms with E-state index in [9.17, 15) is 4.79 Å². The highest BCUT2D eigenvalue weighted by atomic mass is 16.5. The molecule has 1 amide bonds. The topological polar surface area (TPSA) is 72.0 Å².